The van der Waals surface area contributed by atoms with Crippen molar-refractivity contribution in [1.29, 1.82) is 0 Å². The number of carboxylic acids is 1. The highest BCUT2D eigenvalue weighted by Crippen LogP contribution is 2.43. The van der Waals surface area contributed by atoms with Gasteiger partial charge in [-0.3, -0.25) is 19.6 Å². The second-order valence-corrected chi connectivity index (χ2v) is 7.32. The van der Waals surface area contributed by atoms with Gasteiger partial charge in [-0.15, -0.1) is 0 Å². The zero-order chi connectivity index (χ0) is 17.3. The summed E-state index contributed by atoms with van der Waals surface area (Å²) in [5, 5.41) is 16.3. The third-order valence-corrected chi connectivity index (χ3v) is 5.61. The van der Waals surface area contributed by atoms with Crippen molar-refractivity contribution in [3.63, 3.8) is 0 Å². The number of likely N-dealkylation sites (tertiary alicyclic amines) is 2. The number of H-pyrrole nitrogens is 1. The molecule has 1 atom stereocenters. The molecule has 0 aliphatic carbocycles. The monoisotopic (exact) mass is 354 g/mol. The molecule has 2 aliphatic rings. The van der Waals surface area contributed by atoms with Gasteiger partial charge in [-0.05, 0) is 37.6 Å². The van der Waals surface area contributed by atoms with Crippen molar-refractivity contribution in [3.8, 4) is 0 Å². The molecule has 3 heterocycles. The quantitative estimate of drug-likeness (QED) is 0.861. The molecule has 8 heteroatoms. The fraction of sp³-hybridized carbons (Fsp3) is 0.688. The van der Waals surface area contributed by atoms with E-state index < -0.39 is 12.0 Å². The van der Waals surface area contributed by atoms with Crippen molar-refractivity contribution in [1.82, 2.24) is 20.0 Å². The van der Waals surface area contributed by atoms with Gasteiger partial charge in [0, 0.05) is 19.6 Å². The summed E-state index contributed by atoms with van der Waals surface area (Å²) in [5.41, 5.74) is 0.335. The summed E-state index contributed by atoms with van der Waals surface area (Å²) in [4.78, 5) is 27.9. The van der Waals surface area contributed by atoms with Crippen LogP contribution in [0.5, 0.6) is 0 Å². The lowest BCUT2D eigenvalue weighted by atomic mass is 9.76. The number of carbonyl (C=O) groups is 2. The molecule has 0 bridgehead atoms. The van der Waals surface area contributed by atoms with E-state index in [1.165, 1.54) is 6.20 Å². The summed E-state index contributed by atoms with van der Waals surface area (Å²) >= 11 is 5.97. The second-order valence-electron chi connectivity index (χ2n) is 6.91. The lowest BCUT2D eigenvalue weighted by Gasteiger charge is -2.39. The maximum absolute atomic E-state index is 12.5. The molecule has 1 aromatic heterocycles. The van der Waals surface area contributed by atoms with E-state index in [4.69, 9.17) is 11.6 Å². The number of hydrogen-bond donors (Lipinski definition) is 2. The summed E-state index contributed by atoms with van der Waals surface area (Å²) in [7, 11) is 0. The molecule has 7 nitrogen and oxygen atoms in total. The van der Waals surface area contributed by atoms with Crippen LogP contribution in [0.2, 0.25) is 5.02 Å². The average molecular weight is 355 g/mol. The summed E-state index contributed by atoms with van der Waals surface area (Å²) in [6, 6.07) is -0.394. The van der Waals surface area contributed by atoms with Crippen LogP contribution in [0.3, 0.4) is 0 Å². The van der Waals surface area contributed by atoms with Gasteiger partial charge >= 0.3 is 5.97 Å². The second kappa shape index (κ2) is 6.72. The Labute approximate surface area is 146 Å². The van der Waals surface area contributed by atoms with Crippen molar-refractivity contribution >= 4 is 23.5 Å². The van der Waals surface area contributed by atoms with Gasteiger partial charge in [0.2, 0.25) is 0 Å². The van der Waals surface area contributed by atoms with Crippen LogP contribution in [0.25, 0.3) is 0 Å². The van der Waals surface area contributed by atoms with Crippen molar-refractivity contribution in [3.05, 3.63) is 16.9 Å². The minimum atomic E-state index is -0.733. The van der Waals surface area contributed by atoms with E-state index in [0.29, 0.717) is 30.2 Å². The molecule has 0 radical (unpaired) electrons. The van der Waals surface area contributed by atoms with Gasteiger partial charge in [0.25, 0.3) is 5.91 Å². The number of carbonyl (C=O) groups excluding carboxylic acids is 1. The van der Waals surface area contributed by atoms with Gasteiger partial charge in [-0.1, -0.05) is 18.5 Å². The molecule has 24 heavy (non-hydrogen) atoms. The van der Waals surface area contributed by atoms with E-state index in [1.54, 1.807) is 4.90 Å². The van der Waals surface area contributed by atoms with Crippen LogP contribution in [-0.2, 0) is 4.79 Å². The number of amides is 1. The number of aromatic nitrogens is 2. The lowest BCUT2D eigenvalue weighted by molar-refractivity contribution is -0.142. The molecule has 2 fully saturated rings. The molecule has 2 N–H and O–H groups in total. The number of rotatable bonds is 4. The molecule has 1 amide bonds. The average Bonchev–Trinajstić information content (AvgIpc) is 3.12. The molecule has 0 saturated carbocycles. The predicted octanol–water partition coefficient (Wildman–Crippen LogP) is 1.85. The number of halogens is 1. The Kier molecular flexibility index (Phi) is 4.83. The first-order chi connectivity index (χ1) is 11.5. The van der Waals surface area contributed by atoms with Crippen LogP contribution in [0, 0.1) is 5.41 Å². The van der Waals surface area contributed by atoms with Gasteiger partial charge in [0.15, 0.2) is 0 Å². The standard InChI is InChI=1S/C16H23ClN4O3/c1-2-5-21-10-16(8-12(21)15(23)24)3-6-20(7-4-16)14(22)13-11(17)9-18-19-13/h9,12H,2-8,10H2,1H3,(H,18,19)(H,23,24)/t12-/m1/s1. The van der Waals surface area contributed by atoms with Crippen LogP contribution in [0.4, 0.5) is 0 Å². The molecular weight excluding hydrogens is 332 g/mol. The molecule has 3 rings (SSSR count). The first-order valence-electron chi connectivity index (χ1n) is 8.41. The zero-order valence-corrected chi connectivity index (χ0v) is 14.6. The molecule has 0 aromatic carbocycles. The Morgan fingerprint density at radius 3 is 2.71 bits per heavy atom. The number of piperidine rings is 1. The van der Waals surface area contributed by atoms with E-state index in [1.807, 2.05) is 0 Å². The van der Waals surface area contributed by atoms with Crippen molar-refractivity contribution in [2.45, 2.75) is 38.6 Å². The third-order valence-electron chi connectivity index (χ3n) is 5.32. The Morgan fingerprint density at radius 2 is 2.17 bits per heavy atom. The summed E-state index contributed by atoms with van der Waals surface area (Å²) < 4.78 is 0. The van der Waals surface area contributed by atoms with E-state index >= 15 is 0 Å². The highest BCUT2D eigenvalue weighted by Gasteiger charge is 2.48. The summed E-state index contributed by atoms with van der Waals surface area (Å²) in [6.45, 7) is 4.94. The van der Waals surface area contributed by atoms with Gasteiger partial charge in [-0.25, -0.2) is 0 Å². The molecular formula is C16H23ClN4O3. The Morgan fingerprint density at radius 1 is 1.46 bits per heavy atom. The lowest BCUT2D eigenvalue weighted by Crippen LogP contribution is -2.44. The SMILES string of the molecule is CCCN1CC2(CCN(C(=O)c3[nH]ncc3Cl)CC2)C[C@@H]1C(=O)O. The smallest absolute Gasteiger partial charge is 0.320 e. The number of hydrogen-bond acceptors (Lipinski definition) is 4. The summed E-state index contributed by atoms with van der Waals surface area (Å²) in [6.07, 6.45) is 4.71. The molecule has 1 aromatic rings. The first-order valence-corrected chi connectivity index (χ1v) is 8.78. The van der Waals surface area contributed by atoms with Gasteiger partial charge in [0.05, 0.1) is 11.2 Å². The maximum atomic E-state index is 12.5. The Hall–Kier alpha value is -1.60. The third kappa shape index (κ3) is 3.15. The molecule has 2 saturated heterocycles. The molecule has 0 unspecified atom stereocenters. The fourth-order valence-corrected chi connectivity index (χ4v) is 4.21. The van der Waals surface area contributed by atoms with Crippen LogP contribution in [-0.4, -0.2) is 69.2 Å². The number of carboxylic acid groups (broad SMARTS) is 1. The Bertz CT molecular complexity index is 625. The number of nitrogens with one attached hydrogen (secondary N) is 1. The van der Waals surface area contributed by atoms with E-state index in [-0.39, 0.29) is 11.3 Å². The normalized spacial score (nSPS) is 23.8. The highest BCUT2D eigenvalue weighted by molar-refractivity contribution is 6.33. The van der Waals surface area contributed by atoms with Crippen molar-refractivity contribution in [2.24, 2.45) is 5.41 Å². The van der Waals surface area contributed by atoms with E-state index in [9.17, 15) is 14.7 Å². The molecule has 132 valence electrons. The number of nitrogens with zero attached hydrogens (tertiary/aromatic N) is 3. The first kappa shape index (κ1) is 17.2. The van der Waals surface area contributed by atoms with E-state index in [2.05, 4.69) is 22.0 Å². The fourth-order valence-electron chi connectivity index (χ4n) is 4.04. The maximum Gasteiger partial charge on any atom is 0.320 e. The predicted molar refractivity (Wildman–Crippen MR) is 89.1 cm³/mol. The van der Waals surface area contributed by atoms with Gasteiger partial charge in [-0.2, -0.15) is 5.10 Å². The van der Waals surface area contributed by atoms with Crippen LogP contribution < -0.4 is 0 Å². The highest BCUT2D eigenvalue weighted by atomic mass is 35.5. The Balaban J connectivity index is 1.65. The van der Waals surface area contributed by atoms with Crippen LogP contribution in [0.1, 0.15) is 43.1 Å². The van der Waals surface area contributed by atoms with Crippen LogP contribution >= 0.6 is 11.6 Å². The van der Waals surface area contributed by atoms with Gasteiger partial charge in [0.1, 0.15) is 11.7 Å². The largest absolute Gasteiger partial charge is 0.480 e. The topological polar surface area (TPSA) is 89.5 Å². The molecule has 2 aliphatic heterocycles. The van der Waals surface area contributed by atoms with Gasteiger partial charge < -0.3 is 10.0 Å². The zero-order valence-electron chi connectivity index (χ0n) is 13.8. The van der Waals surface area contributed by atoms with Crippen molar-refractivity contribution in [2.75, 3.05) is 26.2 Å². The number of aliphatic carboxylic acids is 1. The minimum Gasteiger partial charge on any atom is -0.480 e. The number of aromatic amines is 1. The van der Waals surface area contributed by atoms with Crippen LogP contribution in [0.15, 0.2) is 6.20 Å². The molecule has 1 spiro atoms. The summed E-state index contributed by atoms with van der Waals surface area (Å²) in [5.74, 6) is -0.867. The minimum absolute atomic E-state index is 0.00673. The van der Waals surface area contributed by atoms with E-state index in [0.717, 1.165) is 32.4 Å². The van der Waals surface area contributed by atoms with Crippen molar-refractivity contribution < 1.29 is 14.7 Å².